The highest BCUT2D eigenvalue weighted by molar-refractivity contribution is 7.89. The fourth-order valence-corrected chi connectivity index (χ4v) is 5.16. The number of hydrogen-bond donors (Lipinski definition) is 2. The van der Waals surface area contributed by atoms with E-state index in [9.17, 15) is 18.0 Å². The SMILES string of the molecule is O=C(Nc1cccc(C(=O)NC2CC2)c1)c1ccc(S(=O)(=O)N2CCCCCC2)cc1. The molecule has 4 rings (SSSR count). The van der Waals surface area contributed by atoms with Gasteiger partial charge in [0.2, 0.25) is 10.0 Å². The average Bonchev–Trinajstić information content (AvgIpc) is 3.61. The van der Waals surface area contributed by atoms with E-state index in [1.54, 1.807) is 24.3 Å². The van der Waals surface area contributed by atoms with Gasteiger partial charge in [0.25, 0.3) is 11.8 Å². The van der Waals surface area contributed by atoms with Crippen molar-refractivity contribution in [1.82, 2.24) is 9.62 Å². The van der Waals surface area contributed by atoms with E-state index < -0.39 is 10.0 Å². The zero-order valence-electron chi connectivity index (χ0n) is 17.3. The lowest BCUT2D eigenvalue weighted by molar-refractivity contribution is 0.0949. The first-order valence-corrected chi connectivity index (χ1v) is 12.2. The van der Waals surface area contributed by atoms with Crippen LogP contribution in [0.1, 0.15) is 59.2 Å². The maximum Gasteiger partial charge on any atom is 0.255 e. The second-order valence-electron chi connectivity index (χ2n) is 8.13. The van der Waals surface area contributed by atoms with Crippen molar-refractivity contribution >= 4 is 27.5 Å². The van der Waals surface area contributed by atoms with Gasteiger partial charge in [0.1, 0.15) is 0 Å². The van der Waals surface area contributed by atoms with Crippen LogP contribution in [0.5, 0.6) is 0 Å². The van der Waals surface area contributed by atoms with Gasteiger partial charge >= 0.3 is 0 Å². The smallest absolute Gasteiger partial charge is 0.255 e. The van der Waals surface area contributed by atoms with Crippen LogP contribution >= 0.6 is 0 Å². The fourth-order valence-electron chi connectivity index (χ4n) is 3.65. The van der Waals surface area contributed by atoms with Crippen LogP contribution in [0.3, 0.4) is 0 Å². The Morgan fingerprint density at radius 3 is 2.16 bits per heavy atom. The fraction of sp³-hybridized carbons (Fsp3) is 0.391. The van der Waals surface area contributed by atoms with E-state index in [0.717, 1.165) is 38.5 Å². The van der Waals surface area contributed by atoms with Gasteiger partial charge in [-0.25, -0.2) is 8.42 Å². The maximum atomic E-state index is 12.9. The molecule has 0 bridgehead atoms. The second-order valence-corrected chi connectivity index (χ2v) is 10.1. The molecule has 1 heterocycles. The molecule has 1 aliphatic heterocycles. The van der Waals surface area contributed by atoms with Crippen LogP contribution < -0.4 is 10.6 Å². The van der Waals surface area contributed by atoms with E-state index in [-0.39, 0.29) is 22.8 Å². The Morgan fingerprint density at radius 2 is 1.52 bits per heavy atom. The average molecular weight is 442 g/mol. The molecular weight excluding hydrogens is 414 g/mol. The van der Waals surface area contributed by atoms with Crippen molar-refractivity contribution in [2.45, 2.75) is 49.5 Å². The Bertz CT molecular complexity index is 1050. The molecule has 1 saturated heterocycles. The molecule has 2 fully saturated rings. The lowest BCUT2D eigenvalue weighted by Crippen LogP contribution is -2.31. The summed E-state index contributed by atoms with van der Waals surface area (Å²) in [4.78, 5) is 25.0. The van der Waals surface area contributed by atoms with E-state index in [1.807, 2.05) is 0 Å². The highest BCUT2D eigenvalue weighted by Crippen LogP contribution is 2.22. The number of amides is 2. The van der Waals surface area contributed by atoms with Crippen LogP contribution in [-0.4, -0.2) is 43.7 Å². The maximum absolute atomic E-state index is 12.9. The van der Waals surface area contributed by atoms with E-state index in [1.165, 1.54) is 28.6 Å². The predicted octanol–water partition coefficient (Wildman–Crippen LogP) is 3.40. The topological polar surface area (TPSA) is 95.6 Å². The number of nitrogens with zero attached hydrogens (tertiary/aromatic N) is 1. The summed E-state index contributed by atoms with van der Waals surface area (Å²) in [5, 5.41) is 5.69. The lowest BCUT2D eigenvalue weighted by atomic mass is 10.1. The zero-order valence-corrected chi connectivity index (χ0v) is 18.2. The summed E-state index contributed by atoms with van der Waals surface area (Å²) in [5.74, 6) is -0.514. The second kappa shape index (κ2) is 9.20. The largest absolute Gasteiger partial charge is 0.349 e. The molecule has 1 saturated carbocycles. The lowest BCUT2D eigenvalue weighted by Gasteiger charge is -2.20. The number of rotatable bonds is 6. The van der Waals surface area contributed by atoms with Crippen LogP contribution in [-0.2, 0) is 10.0 Å². The molecule has 0 atom stereocenters. The Hall–Kier alpha value is -2.71. The van der Waals surface area contributed by atoms with Crippen LogP contribution in [0.4, 0.5) is 5.69 Å². The molecule has 2 aliphatic rings. The van der Waals surface area contributed by atoms with Crippen molar-refractivity contribution in [2.75, 3.05) is 18.4 Å². The third-order valence-electron chi connectivity index (χ3n) is 5.61. The van der Waals surface area contributed by atoms with Gasteiger partial charge in [0, 0.05) is 35.9 Å². The van der Waals surface area contributed by atoms with Crippen molar-refractivity contribution in [3.05, 3.63) is 59.7 Å². The summed E-state index contributed by atoms with van der Waals surface area (Å²) in [6.07, 6.45) is 5.86. The molecule has 0 unspecified atom stereocenters. The number of carbonyl (C=O) groups excluding carboxylic acids is 2. The Morgan fingerprint density at radius 1 is 0.839 bits per heavy atom. The monoisotopic (exact) mass is 441 g/mol. The quantitative estimate of drug-likeness (QED) is 0.718. The Kier molecular flexibility index (Phi) is 6.38. The number of hydrogen-bond acceptors (Lipinski definition) is 4. The van der Waals surface area contributed by atoms with Crippen molar-refractivity contribution in [3.63, 3.8) is 0 Å². The Balaban J connectivity index is 1.43. The third-order valence-corrected chi connectivity index (χ3v) is 7.53. The molecule has 7 nitrogen and oxygen atoms in total. The van der Waals surface area contributed by atoms with Gasteiger partial charge in [-0.05, 0) is 68.1 Å². The number of anilines is 1. The molecule has 2 amide bonds. The van der Waals surface area contributed by atoms with Gasteiger partial charge in [0.05, 0.1) is 4.90 Å². The number of carbonyl (C=O) groups is 2. The first-order valence-electron chi connectivity index (χ1n) is 10.8. The van der Waals surface area contributed by atoms with E-state index >= 15 is 0 Å². The Labute approximate surface area is 182 Å². The molecule has 2 aromatic rings. The zero-order chi connectivity index (χ0) is 21.8. The molecule has 8 heteroatoms. The first-order chi connectivity index (χ1) is 14.9. The molecular formula is C23H27N3O4S. The van der Waals surface area contributed by atoms with E-state index in [4.69, 9.17) is 0 Å². The van der Waals surface area contributed by atoms with E-state index in [2.05, 4.69) is 10.6 Å². The summed E-state index contributed by atoms with van der Waals surface area (Å²) in [6.45, 7) is 1.07. The minimum atomic E-state index is -3.55. The standard InChI is InChI=1S/C23H27N3O4S/c27-22(25-20-7-5-6-18(16-20)23(28)24-19-10-11-19)17-8-12-21(13-9-17)31(29,30)26-14-3-1-2-4-15-26/h5-9,12-13,16,19H,1-4,10-11,14-15H2,(H,24,28)(H,25,27). The summed E-state index contributed by atoms with van der Waals surface area (Å²) in [7, 11) is -3.55. The predicted molar refractivity (Wildman–Crippen MR) is 119 cm³/mol. The highest BCUT2D eigenvalue weighted by Gasteiger charge is 2.26. The van der Waals surface area contributed by atoms with E-state index in [0.29, 0.717) is 29.9 Å². The van der Waals surface area contributed by atoms with Crippen LogP contribution in [0, 0.1) is 0 Å². The summed E-state index contributed by atoms with van der Waals surface area (Å²) in [5.41, 5.74) is 1.35. The molecule has 164 valence electrons. The van der Waals surface area contributed by atoms with Crippen molar-refractivity contribution in [2.24, 2.45) is 0 Å². The number of benzene rings is 2. The molecule has 0 radical (unpaired) electrons. The summed E-state index contributed by atoms with van der Waals surface area (Å²) < 4.78 is 27.3. The van der Waals surface area contributed by atoms with Gasteiger partial charge < -0.3 is 10.6 Å². The highest BCUT2D eigenvalue weighted by atomic mass is 32.2. The van der Waals surface area contributed by atoms with Gasteiger partial charge in [-0.15, -0.1) is 0 Å². The molecule has 2 N–H and O–H groups in total. The first kappa shape index (κ1) is 21.5. The van der Waals surface area contributed by atoms with Gasteiger partial charge in [-0.1, -0.05) is 18.9 Å². The van der Waals surface area contributed by atoms with Crippen molar-refractivity contribution in [1.29, 1.82) is 0 Å². The number of sulfonamides is 1. The van der Waals surface area contributed by atoms with Crippen LogP contribution in [0.25, 0.3) is 0 Å². The molecule has 2 aromatic carbocycles. The van der Waals surface area contributed by atoms with Gasteiger partial charge in [-0.3, -0.25) is 9.59 Å². The summed E-state index contributed by atoms with van der Waals surface area (Å²) in [6, 6.07) is 13.0. The molecule has 1 aliphatic carbocycles. The minimum Gasteiger partial charge on any atom is -0.349 e. The minimum absolute atomic E-state index is 0.151. The van der Waals surface area contributed by atoms with Gasteiger partial charge in [-0.2, -0.15) is 4.31 Å². The van der Waals surface area contributed by atoms with Gasteiger partial charge in [0.15, 0.2) is 0 Å². The normalized spacial score (nSPS) is 17.5. The molecule has 0 spiro atoms. The van der Waals surface area contributed by atoms with Crippen molar-refractivity contribution in [3.8, 4) is 0 Å². The summed E-state index contributed by atoms with van der Waals surface area (Å²) >= 11 is 0. The third kappa shape index (κ3) is 5.32. The van der Waals surface area contributed by atoms with Crippen LogP contribution in [0.2, 0.25) is 0 Å². The molecule has 31 heavy (non-hydrogen) atoms. The van der Waals surface area contributed by atoms with Crippen molar-refractivity contribution < 1.29 is 18.0 Å². The molecule has 0 aromatic heterocycles. The van der Waals surface area contributed by atoms with Crippen LogP contribution in [0.15, 0.2) is 53.4 Å². The number of nitrogens with one attached hydrogen (secondary N) is 2.